The summed E-state index contributed by atoms with van der Waals surface area (Å²) in [6.07, 6.45) is 1.49. The summed E-state index contributed by atoms with van der Waals surface area (Å²) in [6, 6.07) is 0. The van der Waals surface area contributed by atoms with Crippen molar-refractivity contribution in [2.75, 3.05) is 13.7 Å². The van der Waals surface area contributed by atoms with E-state index < -0.39 is 0 Å². The first-order chi connectivity index (χ1) is 5.22. The number of carbonyl (C=O) groups is 1. The molecule has 0 saturated heterocycles. The lowest BCUT2D eigenvalue weighted by Gasteiger charge is -2.02. The summed E-state index contributed by atoms with van der Waals surface area (Å²) in [6.45, 7) is 4.25. The van der Waals surface area contributed by atoms with Crippen molar-refractivity contribution in [3.05, 3.63) is 12.2 Å². The van der Waals surface area contributed by atoms with Crippen LogP contribution in [0.25, 0.3) is 0 Å². The van der Waals surface area contributed by atoms with Crippen molar-refractivity contribution in [1.29, 1.82) is 0 Å². The fourth-order valence-corrected chi connectivity index (χ4v) is 0.965. The third-order valence-electron chi connectivity index (χ3n) is 1.30. The van der Waals surface area contributed by atoms with Crippen molar-refractivity contribution in [1.82, 2.24) is 0 Å². The first kappa shape index (κ1) is 10.4. The summed E-state index contributed by atoms with van der Waals surface area (Å²) in [5.41, 5.74) is 0.539. The third kappa shape index (κ3) is 4.75. The Bertz CT molecular complexity index is 145. The Morgan fingerprint density at radius 2 is 2.27 bits per heavy atom. The summed E-state index contributed by atoms with van der Waals surface area (Å²) >= 11 is 0. The molecule has 0 radical (unpaired) electrons. The van der Waals surface area contributed by atoms with Crippen LogP contribution in [0.5, 0.6) is 0 Å². The van der Waals surface area contributed by atoms with Gasteiger partial charge in [0.2, 0.25) is 10.5 Å². The average Bonchev–Trinajstić information content (AvgIpc) is 2.03. The molecule has 0 aromatic rings. The maximum atomic E-state index is 10.8. The molecule has 0 aromatic carbocycles. The Labute approximate surface area is 69.9 Å². The van der Waals surface area contributed by atoms with Gasteiger partial charge < -0.3 is 9.16 Å². The molecule has 0 heterocycles. The standard InChI is InChI=1S/C7H14O3Si/c1-6(7(8)10-11)4-3-5-9-2/h1,3-5H2,2,11H3. The van der Waals surface area contributed by atoms with Gasteiger partial charge in [-0.2, -0.15) is 0 Å². The van der Waals surface area contributed by atoms with E-state index in [0.717, 1.165) is 6.42 Å². The van der Waals surface area contributed by atoms with Crippen LogP contribution in [0.2, 0.25) is 0 Å². The van der Waals surface area contributed by atoms with Crippen LogP contribution in [0.1, 0.15) is 12.8 Å². The molecule has 0 aliphatic heterocycles. The molecule has 4 heteroatoms. The Balaban J connectivity index is 3.44. The van der Waals surface area contributed by atoms with E-state index in [4.69, 9.17) is 4.74 Å². The van der Waals surface area contributed by atoms with Gasteiger partial charge in [-0.15, -0.1) is 0 Å². The third-order valence-corrected chi connectivity index (χ3v) is 1.67. The SMILES string of the molecule is C=C(CCCOC)C(=O)O[SiH3]. The molecule has 0 aliphatic carbocycles. The summed E-state index contributed by atoms with van der Waals surface area (Å²) < 4.78 is 9.42. The molecule has 11 heavy (non-hydrogen) atoms. The van der Waals surface area contributed by atoms with Crippen molar-refractivity contribution in [3.63, 3.8) is 0 Å². The van der Waals surface area contributed by atoms with Crippen LogP contribution in [-0.2, 0) is 14.0 Å². The van der Waals surface area contributed by atoms with Gasteiger partial charge in [-0.1, -0.05) is 6.58 Å². The monoisotopic (exact) mass is 174 g/mol. The molecular formula is C7H14O3Si. The lowest BCUT2D eigenvalue weighted by molar-refractivity contribution is -0.129. The van der Waals surface area contributed by atoms with E-state index in [9.17, 15) is 4.79 Å². The molecule has 0 saturated carbocycles. The van der Waals surface area contributed by atoms with Gasteiger partial charge in [0, 0.05) is 19.3 Å². The summed E-state index contributed by atoms with van der Waals surface area (Å²) in [5.74, 6) is -0.271. The zero-order chi connectivity index (χ0) is 8.69. The van der Waals surface area contributed by atoms with Crippen LogP contribution in [0, 0.1) is 0 Å². The Hall–Kier alpha value is -0.613. The highest BCUT2D eigenvalue weighted by molar-refractivity contribution is 6.09. The number of ether oxygens (including phenoxy) is 1. The van der Waals surface area contributed by atoms with Gasteiger partial charge in [0.15, 0.2) is 0 Å². The number of methoxy groups -OCH3 is 1. The van der Waals surface area contributed by atoms with E-state index in [1.165, 1.54) is 0 Å². The highest BCUT2D eigenvalue weighted by Gasteiger charge is 2.03. The molecule has 0 spiro atoms. The van der Waals surface area contributed by atoms with Crippen molar-refractivity contribution >= 4 is 16.5 Å². The molecule has 0 fully saturated rings. The number of hydrogen-bond donors (Lipinski definition) is 0. The minimum atomic E-state index is -0.271. The largest absolute Gasteiger partial charge is 0.526 e. The number of rotatable bonds is 5. The molecule has 0 aromatic heterocycles. The second-order valence-corrected chi connectivity index (χ2v) is 2.60. The minimum Gasteiger partial charge on any atom is -0.526 e. The molecule has 0 amide bonds. The zero-order valence-electron chi connectivity index (χ0n) is 7.05. The fraction of sp³-hybridized carbons (Fsp3) is 0.571. The Morgan fingerprint density at radius 1 is 1.64 bits per heavy atom. The average molecular weight is 174 g/mol. The molecule has 0 N–H and O–H groups in total. The number of hydrogen-bond acceptors (Lipinski definition) is 3. The highest BCUT2D eigenvalue weighted by Crippen LogP contribution is 2.03. The van der Waals surface area contributed by atoms with Crippen LogP contribution in [-0.4, -0.2) is 30.2 Å². The molecule has 0 aliphatic rings. The lowest BCUT2D eigenvalue weighted by Crippen LogP contribution is -2.05. The predicted octanol–water partition coefficient (Wildman–Crippen LogP) is -0.207. The normalized spacial score (nSPS) is 9.55. The van der Waals surface area contributed by atoms with E-state index in [1.54, 1.807) is 7.11 Å². The molecule has 3 nitrogen and oxygen atoms in total. The van der Waals surface area contributed by atoms with Gasteiger partial charge in [-0.3, -0.25) is 0 Å². The van der Waals surface area contributed by atoms with E-state index in [1.807, 2.05) is 0 Å². The van der Waals surface area contributed by atoms with Gasteiger partial charge in [0.25, 0.3) is 0 Å². The molecule has 0 unspecified atom stereocenters. The Kier molecular flexibility index (Phi) is 5.78. The van der Waals surface area contributed by atoms with Crippen molar-refractivity contribution < 1.29 is 14.0 Å². The first-order valence-electron chi connectivity index (χ1n) is 3.47. The van der Waals surface area contributed by atoms with Crippen LogP contribution >= 0.6 is 0 Å². The van der Waals surface area contributed by atoms with Crippen molar-refractivity contribution in [3.8, 4) is 0 Å². The quantitative estimate of drug-likeness (QED) is 0.329. The van der Waals surface area contributed by atoms with E-state index in [2.05, 4.69) is 11.0 Å². The first-order valence-corrected chi connectivity index (χ1v) is 4.29. The van der Waals surface area contributed by atoms with Gasteiger partial charge >= 0.3 is 5.97 Å². The van der Waals surface area contributed by atoms with Gasteiger partial charge in [-0.25, -0.2) is 4.79 Å². The van der Waals surface area contributed by atoms with Crippen molar-refractivity contribution in [2.24, 2.45) is 0 Å². The van der Waals surface area contributed by atoms with Crippen LogP contribution in [0.4, 0.5) is 0 Å². The van der Waals surface area contributed by atoms with E-state index in [0.29, 0.717) is 29.1 Å². The van der Waals surface area contributed by atoms with Crippen molar-refractivity contribution in [2.45, 2.75) is 12.8 Å². The minimum absolute atomic E-state index is 0.271. The van der Waals surface area contributed by atoms with Crippen LogP contribution < -0.4 is 0 Å². The molecule has 64 valence electrons. The molecular weight excluding hydrogens is 160 g/mol. The van der Waals surface area contributed by atoms with E-state index in [-0.39, 0.29) is 5.97 Å². The molecule has 0 bridgehead atoms. The highest BCUT2D eigenvalue weighted by atomic mass is 28.2. The Morgan fingerprint density at radius 3 is 2.73 bits per heavy atom. The van der Waals surface area contributed by atoms with E-state index >= 15 is 0 Å². The van der Waals surface area contributed by atoms with Gasteiger partial charge in [0.1, 0.15) is 0 Å². The maximum Gasteiger partial charge on any atom is 0.319 e. The number of carbonyl (C=O) groups excluding carboxylic acids is 1. The van der Waals surface area contributed by atoms with Crippen LogP contribution in [0.3, 0.4) is 0 Å². The van der Waals surface area contributed by atoms with Gasteiger partial charge in [-0.05, 0) is 12.8 Å². The summed E-state index contributed by atoms with van der Waals surface area (Å²) in [5, 5.41) is 0. The fourth-order valence-electron chi connectivity index (χ4n) is 0.676. The molecule has 0 atom stereocenters. The van der Waals surface area contributed by atoms with Gasteiger partial charge in [0.05, 0.1) is 0 Å². The second-order valence-electron chi connectivity index (χ2n) is 2.19. The zero-order valence-corrected chi connectivity index (χ0v) is 9.05. The van der Waals surface area contributed by atoms with Crippen LogP contribution in [0.15, 0.2) is 12.2 Å². The smallest absolute Gasteiger partial charge is 0.319 e. The second kappa shape index (κ2) is 6.12. The lowest BCUT2D eigenvalue weighted by atomic mass is 10.2. The molecule has 0 rings (SSSR count). The predicted molar refractivity (Wildman–Crippen MR) is 46.3 cm³/mol. The summed E-state index contributed by atoms with van der Waals surface area (Å²) in [4.78, 5) is 10.8. The summed E-state index contributed by atoms with van der Waals surface area (Å²) in [7, 11) is 2.07. The topological polar surface area (TPSA) is 35.5 Å². The maximum absolute atomic E-state index is 10.8.